The molecule has 1 fully saturated rings. The van der Waals surface area contributed by atoms with Gasteiger partial charge < -0.3 is 14.4 Å². The number of amides is 1. The molecule has 1 heterocycles. The summed E-state index contributed by atoms with van der Waals surface area (Å²) in [5.41, 5.74) is -3.51. The van der Waals surface area contributed by atoms with Crippen molar-refractivity contribution >= 4 is 45.3 Å². The zero-order valence-corrected chi connectivity index (χ0v) is 25.4. The number of nitrogens with one attached hydrogen (secondary N) is 1. The monoisotopic (exact) mass is 613 g/mol. The van der Waals surface area contributed by atoms with Gasteiger partial charge in [0.25, 0.3) is 10.0 Å². The van der Waals surface area contributed by atoms with E-state index in [1.165, 1.54) is 39.7 Å². The molecule has 14 heteroatoms. The molecule has 41 heavy (non-hydrogen) atoms. The summed E-state index contributed by atoms with van der Waals surface area (Å²) in [6.45, 7) is 7.83. The number of hydrogen-bond acceptors (Lipinski definition) is 9. The fourth-order valence-corrected chi connectivity index (χ4v) is 7.15. The number of esters is 1. The van der Waals surface area contributed by atoms with Gasteiger partial charge in [-0.25, -0.2) is 31.1 Å². The second-order valence-electron chi connectivity index (χ2n) is 10.7. The van der Waals surface area contributed by atoms with Crippen molar-refractivity contribution in [1.29, 1.82) is 0 Å². The highest BCUT2D eigenvalue weighted by Gasteiger charge is 2.57. The lowest BCUT2D eigenvalue weighted by Gasteiger charge is -2.40. The number of carbonyl (C=O) groups is 3. The molecule has 3 rings (SSSR count). The van der Waals surface area contributed by atoms with E-state index in [2.05, 4.69) is 5.32 Å². The summed E-state index contributed by atoms with van der Waals surface area (Å²) in [5.74, 6) is -3.95. The average Bonchev–Trinajstić information content (AvgIpc) is 3.24. The van der Waals surface area contributed by atoms with Crippen molar-refractivity contribution in [3.63, 3.8) is 0 Å². The molecule has 0 aliphatic carbocycles. The number of carbonyl (C=O) groups excluding carboxylic acids is 3. The molecular weight excluding hydrogens is 580 g/mol. The number of rotatable bonds is 9. The van der Waals surface area contributed by atoms with Crippen LogP contribution >= 0.6 is 11.8 Å². The maximum Gasteiger partial charge on any atom is 0.414 e. The number of sulfonamides is 1. The largest absolute Gasteiger partial charge is 0.461 e. The summed E-state index contributed by atoms with van der Waals surface area (Å²) in [6, 6.07) is 6.55. The molecule has 1 amide bonds. The van der Waals surface area contributed by atoms with E-state index in [1.54, 1.807) is 0 Å². The van der Waals surface area contributed by atoms with Crippen molar-refractivity contribution < 1.29 is 41.1 Å². The number of thioether (sulfide) groups is 1. The highest BCUT2D eigenvalue weighted by molar-refractivity contribution is 8.01. The Labute approximate surface area is 242 Å². The van der Waals surface area contributed by atoms with Crippen LogP contribution in [0.15, 0.2) is 47.4 Å². The molecule has 224 valence electrons. The van der Waals surface area contributed by atoms with Gasteiger partial charge in [0.1, 0.15) is 11.2 Å². The van der Waals surface area contributed by atoms with Gasteiger partial charge in [0.15, 0.2) is 17.3 Å². The van der Waals surface area contributed by atoms with Crippen LogP contribution in [0.4, 0.5) is 19.3 Å². The van der Waals surface area contributed by atoms with Gasteiger partial charge >= 0.3 is 12.1 Å². The first-order chi connectivity index (χ1) is 18.9. The van der Waals surface area contributed by atoms with Crippen LogP contribution in [0.3, 0.4) is 0 Å². The molecular formula is C27H33F2N3O7S2. The van der Waals surface area contributed by atoms with Crippen LogP contribution in [0.25, 0.3) is 0 Å². The Bertz CT molecular complexity index is 1430. The number of nitrogens with zero attached hydrogens (tertiary/aromatic N) is 2. The van der Waals surface area contributed by atoms with Gasteiger partial charge in [-0.05, 0) is 71.0 Å². The number of halogens is 2. The second kappa shape index (κ2) is 11.9. The highest BCUT2D eigenvalue weighted by atomic mass is 32.2. The molecule has 1 aliphatic rings. The lowest BCUT2D eigenvalue weighted by Crippen LogP contribution is -2.65. The molecule has 0 spiro atoms. The molecule has 1 aliphatic heterocycles. The van der Waals surface area contributed by atoms with Gasteiger partial charge in [-0.3, -0.25) is 10.1 Å². The molecule has 10 nitrogen and oxygen atoms in total. The van der Waals surface area contributed by atoms with Crippen molar-refractivity contribution in [2.45, 2.75) is 62.1 Å². The Balaban J connectivity index is 2.29. The number of ether oxygens (including phenoxy) is 2. The van der Waals surface area contributed by atoms with Crippen molar-refractivity contribution in [1.82, 2.24) is 10.2 Å². The summed E-state index contributed by atoms with van der Waals surface area (Å²) in [4.78, 5) is 40.5. The molecule has 0 saturated carbocycles. The number of ketones is 1. The Hall–Kier alpha value is -3.23. The van der Waals surface area contributed by atoms with E-state index < -0.39 is 78.4 Å². The standard InChI is InChI=1S/C27H33F2N3O7S2/c1-16(2)38-24(34)27(5,22(33)23-30-26(3,4)15-40-23)32(41(36,37)19-11-8-17(28)9-12-19)18-10-13-21(20(29)14-18)39-25(35)31(6)7/h8-14,16,23,30H,15H2,1-7H3/t23-,27+/m0/s1. The molecule has 0 radical (unpaired) electrons. The summed E-state index contributed by atoms with van der Waals surface area (Å²) in [6.07, 6.45) is -1.63. The fourth-order valence-electron chi connectivity index (χ4n) is 3.97. The Morgan fingerprint density at radius 1 is 1.10 bits per heavy atom. The van der Waals surface area contributed by atoms with Crippen LogP contribution in [0, 0.1) is 11.6 Å². The van der Waals surface area contributed by atoms with Crippen LogP contribution < -0.4 is 14.4 Å². The molecule has 2 aromatic rings. The third-order valence-electron chi connectivity index (χ3n) is 6.06. The average molecular weight is 614 g/mol. The SMILES string of the molecule is CC(C)OC(=O)[C@@](C)(C(=O)[C@H]1NC(C)(C)CS1)N(c1ccc(OC(=O)N(C)C)c(F)c1)S(=O)(=O)c1ccc(F)cc1. The number of benzene rings is 2. The first-order valence-electron chi connectivity index (χ1n) is 12.5. The van der Waals surface area contributed by atoms with E-state index >= 15 is 4.39 Å². The molecule has 0 aromatic heterocycles. The lowest BCUT2D eigenvalue weighted by molar-refractivity contribution is -0.156. The van der Waals surface area contributed by atoms with Gasteiger partial charge in [-0.2, -0.15) is 0 Å². The third kappa shape index (κ3) is 6.81. The van der Waals surface area contributed by atoms with E-state index in [-0.39, 0.29) is 0 Å². The van der Waals surface area contributed by atoms with Crippen LogP contribution in [0.2, 0.25) is 0 Å². The smallest absolute Gasteiger partial charge is 0.414 e. The normalized spacial score (nSPS) is 18.0. The molecule has 0 bridgehead atoms. The maximum atomic E-state index is 15.3. The topological polar surface area (TPSA) is 122 Å². The molecule has 1 N–H and O–H groups in total. The van der Waals surface area contributed by atoms with Crippen LogP contribution in [0.1, 0.15) is 34.6 Å². The van der Waals surface area contributed by atoms with E-state index in [0.29, 0.717) is 10.1 Å². The minimum atomic E-state index is -4.85. The predicted octanol–water partition coefficient (Wildman–Crippen LogP) is 3.94. The first-order valence-corrected chi connectivity index (χ1v) is 15.0. The first kappa shape index (κ1) is 32.3. The molecule has 1 saturated heterocycles. The van der Waals surface area contributed by atoms with Gasteiger partial charge in [-0.1, -0.05) is 0 Å². The Morgan fingerprint density at radius 3 is 2.20 bits per heavy atom. The van der Waals surface area contributed by atoms with Crippen molar-refractivity contribution in [3.05, 3.63) is 54.1 Å². The van der Waals surface area contributed by atoms with Crippen molar-refractivity contribution in [3.8, 4) is 5.75 Å². The fraction of sp³-hybridized carbons (Fsp3) is 0.444. The number of hydrogen-bond donors (Lipinski definition) is 1. The Morgan fingerprint density at radius 2 is 1.71 bits per heavy atom. The Kier molecular flexibility index (Phi) is 9.40. The van der Waals surface area contributed by atoms with E-state index in [4.69, 9.17) is 9.47 Å². The van der Waals surface area contributed by atoms with Crippen LogP contribution in [-0.4, -0.2) is 73.6 Å². The van der Waals surface area contributed by atoms with Crippen LogP contribution in [0.5, 0.6) is 5.75 Å². The van der Waals surface area contributed by atoms with E-state index in [9.17, 15) is 27.2 Å². The molecule has 0 unspecified atom stereocenters. The van der Waals surface area contributed by atoms with Gasteiger partial charge in [0.05, 0.1) is 16.7 Å². The van der Waals surface area contributed by atoms with Gasteiger partial charge in [0, 0.05) is 31.5 Å². The minimum absolute atomic E-state index is 0.435. The van der Waals surface area contributed by atoms with Crippen molar-refractivity contribution in [2.75, 3.05) is 24.2 Å². The quantitative estimate of drug-likeness (QED) is 0.331. The summed E-state index contributed by atoms with van der Waals surface area (Å²) in [7, 11) is -2.08. The summed E-state index contributed by atoms with van der Waals surface area (Å²) in [5, 5.41) is 2.08. The summed E-state index contributed by atoms with van der Waals surface area (Å²) >= 11 is 1.18. The number of Topliss-reactive ketones (excluding diaryl/α,β-unsaturated/α-hetero) is 1. The minimum Gasteiger partial charge on any atom is -0.461 e. The summed E-state index contributed by atoms with van der Waals surface area (Å²) < 4.78 is 68.3. The predicted molar refractivity (Wildman–Crippen MR) is 150 cm³/mol. The van der Waals surface area contributed by atoms with Gasteiger partial charge in [-0.15, -0.1) is 11.8 Å². The second-order valence-corrected chi connectivity index (χ2v) is 13.6. The lowest BCUT2D eigenvalue weighted by atomic mass is 9.94. The van der Waals surface area contributed by atoms with Crippen molar-refractivity contribution in [2.24, 2.45) is 0 Å². The maximum absolute atomic E-state index is 15.3. The van der Waals surface area contributed by atoms with E-state index in [1.807, 2.05) is 13.8 Å². The highest BCUT2D eigenvalue weighted by Crippen LogP contribution is 2.39. The van der Waals surface area contributed by atoms with Crippen LogP contribution in [-0.2, 0) is 24.3 Å². The molecule has 2 atom stereocenters. The van der Waals surface area contributed by atoms with Gasteiger partial charge in [0.2, 0.25) is 5.54 Å². The molecule has 2 aromatic carbocycles. The third-order valence-corrected chi connectivity index (χ3v) is 9.54. The van der Waals surface area contributed by atoms with E-state index in [0.717, 1.165) is 54.3 Å². The number of anilines is 1. The zero-order chi connectivity index (χ0) is 30.9. The zero-order valence-electron chi connectivity index (χ0n) is 23.7.